The van der Waals surface area contributed by atoms with Crippen molar-refractivity contribution in [2.24, 2.45) is 0 Å². The van der Waals surface area contributed by atoms with Crippen LogP contribution in [0.4, 0.5) is 5.69 Å². The van der Waals surface area contributed by atoms with E-state index in [0.717, 1.165) is 24.0 Å². The summed E-state index contributed by atoms with van der Waals surface area (Å²) in [5, 5.41) is 12.8. The van der Waals surface area contributed by atoms with E-state index in [9.17, 15) is 5.11 Å². The molecule has 3 nitrogen and oxygen atoms in total. The number of aliphatic hydroxyl groups is 1. The van der Waals surface area contributed by atoms with E-state index >= 15 is 0 Å². The number of benzene rings is 1. The Morgan fingerprint density at radius 1 is 1.53 bits per heavy atom. The standard InChI is InChI=1S/C13H19BrN2O/c1-10-7-11(14)3-4-12(10)16-6-5-13(8-16,9-17)15-2/h3-4,7,15,17H,5-6,8-9H2,1-2H3. The average Bonchev–Trinajstić information content (AvgIpc) is 2.74. The predicted molar refractivity (Wildman–Crippen MR) is 74.6 cm³/mol. The summed E-state index contributed by atoms with van der Waals surface area (Å²) >= 11 is 3.48. The average molecular weight is 299 g/mol. The van der Waals surface area contributed by atoms with E-state index in [1.165, 1.54) is 11.3 Å². The van der Waals surface area contributed by atoms with Gasteiger partial charge in [-0.3, -0.25) is 0 Å². The Morgan fingerprint density at radius 2 is 2.29 bits per heavy atom. The second-order valence-corrected chi connectivity index (χ2v) is 5.71. The smallest absolute Gasteiger partial charge is 0.0631 e. The Labute approximate surface area is 111 Å². The molecule has 0 spiro atoms. The van der Waals surface area contributed by atoms with Crippen molar-refractivity contribution in [3.05, 3.63) is 28.2 Å². The van der Waals surface area contributed by atoms with E-state index in [-0.39, 0.29) is 12.1 Å². The lowest BCUT2D eigenvalue weighted by Crippen LogP contribution is -2.48. The van der Waals surface area contributed by atoms with Crippen LogP contribution in [0.5, 0.6) is 0 Å². The van der Waals surface area contributed by atoms with Gasteiger partial charge >= 0.3 is 0 Å². The van der Waals surface area contributed by atoms with Crippen LogP contribution in [0, 0.1) is 6.92 Å². The summed E-state index contributed by atoms with van der Waals surface area (Å²) in [5.74, 6) is 0. The van der Waals surface area contributed by atoms with Crippen LogP contribution in [0.25, 0.3) is 0 Å². The number of halogens is 1. The number of nitrogens with one attached hydrogen (secondary N) is 1. The normalized spacial score (nSPS) is 24.4. The van der Waals surface area contributed by atoms with E-state index in [4.69, 9.17) is 0 Å². The van der Waals surface area contributed by atoms with Crippen molar-refractivity contribution in [1.82, 2.24) is 5.32 Å². The minimum atomic E-state index is -0.139. The molecule has 2 rings (SSSR count). The van der Waals surface area contributed by atoms with Crippen LogP contribution >= 0.6 is 15.9 Å². The Bertz CT molecular complexity index is 404. The fourth-order valence-corrected chi connectivity index (χ4v) is 2.94. The number of aliphatic hydroxyl groups excluding tert-OH is 1. The molecular weight excluding hydrogens is 280 g/mol. The predicted octanol–water partition coefficient (Wildman–Crippen LogP) is 1.92. The van der Waals surface area contributed by atoms with E-state index in [0.29, 0.717) is 0 Å². The van der Waals surface area contributed by atoms with Gasteiger partial charge in [0.15, 0.2) is 0 Å². The molecule has 0 amide bonds. The monoisotopic (exact) mass is 298 g/mol. The van der Waals surface area contributed by atoms with Crippen LogP contribution in [-0.4, -0.2) is 37.4 Å². The third-order valence-corrected chi connectivity index (χ3v) is 4.18. The molecule has 1 aliphatic heterocycles. The molecule has 1 aromatic rings. The first kappa shape index (κ1) is 12.9. The minimum absolute atomic E-state index is 0.139. The highest BCUT2D eigenvalue weighted by molar-refractivity contribution is 9.10. The first-order valence-electron chi connectivity index (χ1n) is 5.91. The number of likely N-dealkylation sites (N-methyl/N-ethyl adjacent to an activating group) is 1. The molecule has 0 bridgehead atoms. The van der Waals surface area contributed by atoms with E-state index in [1.807, 2.05) is 7.05 Å². The number of hydrogen-bond acceptors (Lipinski definition) is 3. The highest BCUT2D eigenvalue weighted by Gasteiger charge is 2.36. The summed E-state index contributed by atoms with van der Waals surface area (Å²) in [6, 6.07) is 6.34. The molecule has 1 unspecified atom stereocenters. The molecule has 0 radical (unpaired) electrons. The lowest BCUT2D eigenvalue weighted by atomic mass is 10.0. The maximum atomic E-state index is 9.50. The Morgan fingerprint density at radius 3 is 2.82 bits per heavy atom. The highest BCUT2D eigenvalue weighted by atomic mass is 79.9. The summed E-state index contributed by atoms with van der Waals surface area (Å²) in [6.07, 6.45) is 0.982. The lowest BCUT2D eigenvalue weighted by Gasteiger charge is -2.28. The van der Waals surface area contributed by atoms with Gasteiger partial charge in [0.25, 0.3) is 0 Å². The number of anilines is 1. The molecule has 1 aromatic carbocycles. The number of nitrogens with zero attached hydrogens (tertiary/aromatic N) is 1. The molecule has 1 aliphatic rings. The first-order chi connectivity index (χ1) is 8.10. The summed E-state index contributed by atoms with van der Waals surface area (Å²) in [5.41, 5.74) is 2.39. The van der Waals surface area contributed by atoms with Crippen molar-refractivity contribution in [2.45, 2.75) is 18.9 Å². The van der Waals surface area contributed by atoms with Gasteiger partial charge in [-0.2, -0.15) is 0 Å². The van der Waals surface area contributed by atoms with E-state index < -0.39 is 0 Å². The van der Waals surface area contributed by atoms with Gasteiger partial charge in [0.2, 0.25) is 0 Å². The second-order valence-electron chi connectivity index (χ2n) is 4.79. The molecule has 94 valence electrons. The molecule has 1 fully saturated rings. The van der Waals surface area contributed by atoms with Crippen molar-refractivity contribution in [3.8, 4) is 0 Å². The van der Waals surface area contributed by atoms with Gasteiger partial charge in [0, 0.05) is 23.2 Å². The van der Waals surface area contributed by atoms with Crippen LogP contribution < -0.4 is 10.2 Å². The van der Waals surface area contributed by atoms with Crippen molar-refractivity contribution in [3.63, 3.8) is 0 Å². The molecule has 2 N–H and O–H groups in total. The molecule has 0 aromatic heterocycles. The fourth-order valence-electron chi connectivity index (χ4n) is 2.46. The van der Waals surface area contributed by atoms with Gasteiger partial charge < -0.3 is 15.3 Å². The van der Waals surface area contributed by atoms with Gasteiger partial charge in [-0.1, -0.05) is 15.9 Å². The maximum absolute atomic E-state index is 9.50. The lowest BCUT2D eigenvalue weighted by molar-refractivity contribution is 0.184. The summed E-state index contributed by atoms with van der Waals surface area (Å²) in [7, 11) is 1.92. The number of aryl methyl sites for hydroxylation is 1. The fraction of sp³-hybridized carbons (Fsp3) is 0.538. The molecule has 17 heavy (non-hydrogen) atoms. The molecule has 4 heteroatoms. The van der Waals surface area contributed by atoms with Crippen LogP contribution in [-0.2, 0) is 0 Å². The van der Waals surface area contributed by atoms with Crippen molar-refractivity contribution < 1.29 is 5.11 Å². The maximum Gasteiger partial charge on any atom is 0.0631 e. The third kappa shape index (κ3) is 2.49. The van der Waals surface area contributed by atoms with Gasteiger partial charge in [0.05, 0.1) is 12.1 Å². The van der Waals surface area contributed by atoms with E-state index in [2.05, 4.69) is 51.3 Å². The van der Waals surface area contributed by atoms with Crippen LogP contribution in [0.3, 0.4) is 0 Å². The van der Waals surface area contributed by atoms with Gasteiger partial charge in [-0.15, -0.1) is 0 Å². The minimum Gasteiger partial charge on any atom is -0.394 e. The van der Waals surface area contributed by atoms with Gasteiger partial charge in [-0.05, 0) is 44.2 Å². The van der Waals surface area contributed by atoms with Crippen LogP contribution in [0.15, 0.2) is 22.7 Å². The quantitative estimate of drug-likeness (QED) is 0.895. The molecule has 1 atom stereocenters. The zero-order valence-electron chi connectivity index (χ0n) is 10.3. The summed E-state index contributed by atoms with van der Waals surface area (Å²) in [6.45, 7) is 4.17. The first-order valence-corrected chi connectivity index (χ1v) is 6.70. The van der Waals surface area contributed by atoms with Crippen LogP contribution in [0.1, 0.15) is 12.0 Å². The zero-order valence-corrected chi connectivity index (χ0v) is 11.9. The van der Waals surface area contributed by atoms with Crippen LogP contribution in [0.2, 0.25) is 0 Å². The summed E-state index contributed by atoms with van der Waals surface area (Å²) < 4.78 is 1.11. The molecule has 0 saturated carbocycles. The molecular formula is C13H19BrN2O. The zero-order chi connectivity index (χ0) is 12.5. The van der Waals surface area contributed by atoms with Gasteiger partial charge in [0.1, 0.15) is 0 Å². The summed E-state index contributed by atoms with van der Waals surface area (Å²) in [4.78, 5) is 2.34. The highest BCUT2D eigenvalue weighted by Crippen LogP contribution is 2.30. The van der Waals surface area contributed by atoms with E-state index in [1.54, 1.807) is 0 Å². The Kier molecular flexibility index (Phi) is 3.76. The van der Waals surface area contributed by atoms with Gasteiger partial charge in [-0.25, -0.2) is 0 Å². The largest absolute Gasteiger partial charge is 0.394 e. The second kappa shape index (κ2) is 4.96. The van der Waals surface area contributed by atoms with Crippen molar-refractivity contribution >= 4 is 21.6 Å². The number of rotatable bonds is 3. The Balaban J connectivity index is 2.20. The number of hydrogen-bond donors (Lipinski definition) is 2. The van der Waals surface area contributed by atoms with Crippen molar-refractivity contribution in [1.29, 1.82) is 0 Å². The Hall–Kier alpha value is -0.580. The molecule has 0 aliphatic carbocycles. The van der Waals surface area contributed by atoms with Crippen molar-refractivity contribution in [2.75, 3.05) is 31.6 Å². The molecule has 1 saturated heterocycles. The topological polar surface area (TPSA) is 35.5 Å². The SMILES string of the molecule is CNC1(CO)CCN(c2ccc(Br)cc2C)C1. The molecule has 1 heterocycles. The third-order valence-electron chi connectivity index (χ3n) is 3.69.